The summed E-state index contributed by atoms with van der Waals surface area (Å²) < 4.78 is 0. The summed E-state index contributed by atoms with van der Waals surface area (Å²) in [5.74, 6) is 1.60. The van der Waals surface area contributed by atoms with Crippen molar-refractivity contribution in [1.82, 2.24) is 0 Å². The minimum Gasteiger partial charge on any atom is -0.321 e. The lowest BCUT2D eigenvalue weighted by Gasteiger charge is -2.39. The van der Waals surface area contributed by atoms with E-state index in [0.29, 0.717) is 0 Å². The van der Waals surface area contributed by atoms with Crippen LogP contribution in [-0.2, 0) is 12.0 Å². The van der Waals surface area contributed by atoms with E-state index in [1.165, 1.54) is 43.2 Å². The summed E-state index contributed by atoms with van der Waals surface area (Å²) in [6.45, 7) is 6.88. The van der Waals surface area contributed by atoms with Crippen molar-refractivity contribution in [3.05, 3.63) is 35.4 Å². The van der Waals surface area contributed by atoms with Crippen LogP contribution in [0.2, 0.25) is 0 Å². The Hall–Kier alpha value is -0.820. The van der Waals surface area contributed by atoms with Gasteiger partial charge in [0.15, 0.2) is 0 Å². The normalized spacial score (nSPS) is 26.9. The molecule has 1 heteroatoms. The standard InChI is InChI=1S/C19H31N/c1-4-6-16-8-10-18(11-9-16)19(20)12-5-7-17(14-19)13-15(2)3/h8-11,15,17H,4-7,12-14,20H2,1-3H3. The van der Waals surface area contributed by atoms with Crippen LogP contribution < -0.4 is 5.73 Å². The molecule has 0 spiro atoms. The Labute approximate surface area is 125 Å². The van der Waals surface area contributed by atoms with Crippen molar-refractivity contribution in [3.63, 3.8) is 0 Å². The molecule has 1 fully saturated rings. The lowest BCUT2D eigenvalue weighted by Crippen LogP contribution is -2.41. The highest BCUT2D eigenvalue weighted by Crippen LogP contribution is 2.40. The molecule has 0 amide bonds. The second-order valence-electron chi connectivity index (χ2n) is 7.19. The Morgan fingerprint density at radius 2 is 1.95 bits per heavy atom. The molecule has 0 saturated heterocycles. The minimum atomic E-state index is -0.0808. The average molecular weight is 273 g/mol. The highest BCUT2D eigenvalue weighted by molar-refractivity contribution is 5.29. The van der Waals surface area contributed by atoms with Gasteiger partial charge in [-0.05, 0) is 48.6 Å². The van der Waals surface area contributed by atoms with Crippen molar-refractivity contribution in [2.75, 3.05) is 0 Å². The third kappa shape index (κ3) is 3.85. The fraction of sp³-hybridized carbons (Fsp3) is 0.684. The first-order valence-electron chi connectivity index (χ1n) is 8.42. The lowest BCUT2D eigenvalue weighted by atomic mass is 9.70. The average Bonchev–Trinajstić information content (AvgIpc) is 2.39. The van der Waals surface area contributed by atoms with Gasteiger partial charge in [-0.15, -0.1) is 0 Å². The van der Waals surface area contributed by atoms with Crippen LogP contribution in [0.3, 0.4) is 0 Å². The molecular formula is C19H31N. The predicted octanol–water partition coefficient (Wildman–Crippen LogP) is 5.03. The molecule has 2 unspecified atom stereocenters. The van der Waals surface area contributed by atoms with E-state index in [0.717, 1.165) is 24.7 Å². The van der Waals surface area contributed by atoms with Gasteiger partial charge in [0, 0.05) is 5.54 Å². The first-order valence-corrected chi connectivity index (χ1v) is 8.42. The number of nitrogens with two attached hydrogens (primary N) is 1. The molecule has 0 heterocycles. The SMILES string of the molecule is CCCc1ccc(C2(N)CCCC(CC(C)C)C2)cc1. The van der Waals surface area contributed by atoms with Crippen molar-refractivity contribution in [3.8, 4) is 0 Å². The second-order valence-corrected chi connectivity index (χ2v) is 7.19. The monoisotopic (exact) mass is 273 g/mol. The van der Waals surface area contributed by atoms with Crippen LogP contribution in [0.4, 0.5) is 0 Å². The molecule has 112 valence electrons. The number of rotatable bonds is 5. The van der Waals surface area contributed by atoms with E-state index in [-0.39, 0.29) is 5.54 Å². The molecule has 1 nitrogen and oxygen atoms in total. The van der Waals surface area contributed by atoms with Crippen LogP contribution in [0.15, 0.2) is 24.3 Å². The summed E-state index contributed by atoms with van der Waals surface area (Å²) in [5.41, 5.74) is 9.48. The molecule has 0 bridgehead atoms. The molecule has 1 saturated carbocycles. The Morgan fingerprint density at radius 3 is 2.55 bits per heavy atom. The molecule has 1 aliphatic carbocycles. The van der Waals surface area contributed by atoms with Crippen LogP contribution >= 0.6 is 0 Å². The summed E-state index contributed by atoms with van der Waals surface area (Å²) in [7, 11) is 0. The molecule has 1 aliphatic rings. The zero-order valence-electron chi connectivity index (χ0n) is 13.5. The lowest BCUT2D eigenvalue weighted by molar-refractivity contribution is 0.202. The van der Waals surface area contributed by atoms with Crippen molar-refractivity contribution in [1.29, 1.82) is 0 Å². The van der Waals surface area contributed by atoms with E-state index >= 15 is 0 Å². The fourth-order valence-electron chi connectivity index (χ4n) is 3.85. The summed E-state index contributed by atoms with van der Waals surface area (Å²) in [5, 5.41) is 0. The van der Waals surface area contributed by atoms with Crippen molar-refractivity contribution in [2.24, 2.45) is 17.6 Å². The summed E-state index contributed by atoms with van der Waals surface area (Å²) in [4.78, 5) is 0. The highest BCUT2D eigenvalue weighted by Gasteiger charge is 2.34. The molecule has 1 aromatic rings. The van der Waals surface area contributed by atoms with Gasteiger partial charge in [-0.2, -0.15) is 0 Å². The molecule has 0 aromatic heterocycles. The first kappa shape index (κ1) is 15.6. The number of benzene rings is 1. The maximum absolute atomic E-state index is 6.77. The third-order valence-electron chi connectivity index (χ3n) is 4.76. The van der Waals surface area contributed by atoms with Gasteiger partial charge in [-0.3, -0.25) is 0 Å². The van der Waals surface area contributed by atoms with Crippen molar-refractivity contribution >= 4 is 0 Å². The predicted molar refractivity (Wildman–Crippen MR) is 87.7 cm³/mol. The maximum Gasteiger partial charge on any atom is 0.0412 e. The summed E-state index contributed by atoms with van der Waals surface area (Å²) in [6, 6.07) is 9.12. The van der Waals surface area contributed by atoms with Gasteiger partial charge in [-0.1, -0.05) is 64.3 Å². The largest absolute Gasteiger partial charge is 0.321 e. The van der Waals surface area contributed by atoms with Crippen molar-refractivity contribution in [2.45, 2.75) is 71.3 Å². The Balaban J connectivity index is 2.08. The van der Waals surface area contributed by atoms with Gasteiger partial charge in [0.25, 0.3) is 0 Å². The Bertz CT molecular complexity index is 406. The number of hydrogen-bond donors (Lipinski definition) is 1. The maximum atomic E-state index is 6.77. The molecule has 2 atom stereocenters. The minimum absolute atomic E-state index is 0.0808. The van der Waals surface area contributed by atoms with Crippen LogP contribution in [-0.4, -0.2) is 0 Å². The van der Waals surface area contributed by atoms with E-state index in [1.54, 1.807) is 0 Å². The second kappa shape index (κ2) is 6.76. The van der Waals surface area contributed by atoms with Crippen LogP contribution in [0.25, 0.3) is 0 Å². The first-order chi connectivity index (χ1) is 9.53. The van der Waals surface area contributed by atoms with Gasteiger partial charge < -0.3 is 5.73 Å². The summed E-state index contributed by atoms with van der Waals surface area (Å²) >= 11 is 0. The van der Waals surface area contributed by atoms with E-state index in [2.05, 4.69) is 45.0 Å². The van der Waals surface area contributed by atoms with Gasteiger partial charge >= 0.3 is 0 Å². The molecular weight excluding hydrogens is 242 g/mol. The topological polar surface area (TPSA) is 26.0 Å². The molecule has 2 N–H and O–H groups in total. The summed E-state index contributed by atoms with van der Waals surface area (Å²) in [6.07, 6.45) is 8.67. The molecule has 1 aromatic carbocycles. The van der Waals surface area contributed by atoms with Crippen LogP contribution in [0.1, 0.15) is 70.4 Å². The van der Waals surface area contributed by atoms with Gasteiger partial charge in [0.1, 0.15) is 0 Å². The van der Waals surface area contributed by atoms with Crippen LogP contribution in [0.5, 0.6) is 0 Å². The number of aryl methyl sites for hydroxylation is 1. The molecule has 2 rings (SSSR count). The quantitative estimate of drug-likeness (QED) is 0.800. The van der Waals surface area contributed by atoms with E-state index < -0.39 is 0 Å². The van der Waals surface area contributed by atoms with E-state index in [1.807, 2.05) is 0 Å². The van der Waals surface area contributed by atoms with Gasteiger partial charge in [-0.25, -0.2) is 0 Å². The third-order valence-corrected chi connectivity index (χ3v) is 4.76. The molecule has 20 heavy (non-hydrogen) atoms. The van der Waals surface area contributed by atoms with Gasteiger partial charge in [0.05, 0.1) is 0 Å². The zero-order chi connectivity index (χ0) is 14.6. The van der Waals surface area contributed by atoms with Gasteiger partial charge in [0.2, 0.25) is 0 Å². The molecule has 0 aliphatic heterocycles. The van der Waals surface area contributed by atoms with E-state index in [9.17, 15) is 0 Å². The van der Waals surface area contributed by atoms with E-state index in [4.69, 9.17) is 5.73 Å². The van der Waals surface area contributed by atoms with Crippen molar-refractivity contribution < 1.29 is 0 Å². The zero-order valence-corrected chi connectivity index (χ0v) is 13.5. The van der Waals surface area contributed by atoms with Crippen LogP contribution in [0, 0.1) is 11.8 Å². The Kier molecular flexibility index (Phi) is 5.26. The Morgan fingerprint density at radius 1 is 1.25 bits per heavy atom. The fourth-order valence-corrected chi connectivity index (χ4v) is 3.85. The smallest absolute Gasteiger partial charge is 0.0412 e. The highest BCUT2D eigenvalue weighted by atomic mass is 14.8. The molecule has 0 radical (unpaired) electrons. The number of hydrogen-bond acceptors (Lipinski definition) is 1.